The highest BCUT2D eigenvalue weighted by atomic mass is 16.6. The molecule has 2 heterocycles. The van der Waals surface area contributed by atoms with Crippen molar-refractivity contribution < 1.29 is 19.4 Å². The van der Waals surface area contributed by atoms with Gasteiger partial charge in [-0.2, -0.15) is 0 Å². The van der Waals surface area contributed by atoms with Gasteiger partial charge in [-0.1, -0.05) is 0 Å². The minimum Gasteiger partial charge on any atom is -0.481 e. The molecule has 1 N–H and O–H groups in total. The quantitative estimate of drug-likeness (QED) is 0.794. The van der Waals surface area contributed by atoms with Gasteiger partial charge >= 0.3 is 12.1 Å². The minimum atomic E-state index is -0.739. The molecule has 5 nitrogen and oxygen atoms in total. The van der Waals surface area contributed by atoms with E-state index >= 15 is 0 Å². The molecule has 0 aromatic rings. The van der Waals surface area contributed by atoms with Crippen LogP contribution in [0, 0.1) is 5.92 Å². The van der Waals surface area contributed by atoms with Crippen molar-refractivity contribution in [3.8, 4) is 0 Å². The van der Waals surface area contributed by atoms with Crippen LogP contribution in [0.1, 0.15) is 52.9 Å². The first-order chi connectivity index (χ1) is 8.78. The van der Waals surface area contributed by atoms with Gasteiger partial charge in [0, 0.05) is 12.1 Å². The number of carbonyl (C=O) groups is 2. The molecule has 2 aliphatic rings. The lowest BCUT2D eigenvalue weighted by atomic mass is 9.91. The maximum Gasteiger partial charge on any atom is 0.410 e. The van der Waals surface area contributed by atoms with Crippen LogP contribution < -0.4 is 0 Å². The molecule has 3 atom stereocenters. The van der Waals surface area contributed by atoms with Crippen LogP contribution >= 0.6 is 0 Å². The lowest BCUT2D eigenvalue weighted by molar-refractivity contribution is -0.142. The van der Waals surface area contributed by atoms with Crippen LogP contribution in [0.15, 0.2) is 0 Å². The highest BCUT2D eigenvalue weighted by Gasteiger charge is 2.43. The minimum absolute atomic E-state index is 0.0310. The van der Waals surface area contributed by atoms with E-state index in [2.05, 4.69) is 0 Å². The van der Waals surface area contributed by atoms with E-state index in [1.807, 2.05) is 20.8 Å². The van der Waals surface area contributed by atoms with Gasteiger partial charge in [-0.05, 0) is 52.9 Å². The van der Waals surface area contributed by atoms with Gasteiger partial charge in [0.2, 0.25) is 0 Å². The standard InChI is InChI=1S/C14H23NO4/c1-14(2,3)19-13(18)15-10-5-4-9(12(16)17)8-11(15)7-6-10/h9-11H,4-8H2,1-3H3,(H,16,17). The van der Waals surface area contributed by atoms with Gasteiger partial charge in [-0.25, -0.2) is 4.79 Å². The summed E-state index contributed by atoms with van der Waals surface area (Å²) in [5.41, 5.74) is -0.505. The number of carboxylic acids is 1. The van der Waals surface area contributed by atoms with E-state index in [9.17, 15) is 9.59 Å². The summed E-state index contributed by atoms with van der Waals surface area (Å²) in [5.74, 6) is -1.06. The fourth-order valence-electron chi connectivity index (χ4n) is 3.15. The average molecular weight is 269 g/mol. The van der Waals surface area contributed by atoms with Crippen LogP contribution in [0.3, 0.4) is 0 Å². The van der Waals surface area contributed by atoms with Crippen molar-refractivity contribution in [2.75, 3.05) is 0 Å². The SMILES string of the molecule is CC(C)(C)OC(=O)N1C2CCC(C(=O)O)CC1CC2. The number of hydrogen-bond donors (Lipinski definition) is 1. The van der Waals surface area contributed by atoms with E-state index in [0.717, 1.165) is 19.3 Å². The predicted octanol–water partition coefficient (Wildman–Crippen LogP) is 2.64. The van der Waals surface area contributed by atoms with E-state index in [1.54, 1.807) is 4.90 Å². The zero-order valence-electron chi connectivity index (χ0n) is 11.9. The van der Waals surface area contributed by atoms with Crippen LogP contribution in [-0.4, -0.2) is 39.8 Å². The Labute approximate surface area is 113 Å². The van der Waals surface area contributed by atoms with Crippen molar-refractivity contribution in [3.05, 3.63) is 0 Å². The van der Waals surface area contributed by atoms with Gasteiger partial charge in [0.1, 0.15) is 5.60 Å². The summed E-state index contributed by atoms with van der Waals surface area (Å²) in [5, 5.41) is 9.17. The second-order valence-corrected chi connectivity index (χ2v) is 6.62. The van der Waals surface area contributed by atoms with Crippen LogP contribution in [0.4, 0.5) is 4.79 Å². The van der Waals surface area contributed by atoms with Crippen molar-refractivity contribution in [1.29, 1.82) is 0 Å². The third-order valence-electron chi connectivity index (χ3n) is 3.98. The summed E-state index contributed by atoms with van der Waals surface area (Å²) < 4.78 is 5.45. The molecule has 108 valence electrons. The van der Waals surface area contributed by atoms with E-state index in [4.69, 9.17) is 9.84 Å². The Bertz CT molecular complexity index is 374. The second-order valence-electron chi connectivity index (χ2n) is 6.62. The fourth-order valence-corrected chi connectivity index (χ4v) is 3.15. The maximum atomic E-state index is 12.3. The molecule has 0 radical (unpaired) electrons. The lowest BCUT2D eigenvalue weighted by Crippen LogP contribution is -2.43. The average Bonchev–Trinajstić information content (AvgIpc) is 2.50. The molecule has 5 heteroatoms. The number of ether oxygens (including phenoxy) is 1. The van der Waals surface area contributed by atoms with Crippen molar-refractivity contribution in [1.82, 2.24) is 4.90 Å². The highest BCUT2D eigenvalue weighted by molar-refractivity contribution is 5.72. The van der Waals surface area contributed by atoms with E-state index in [1.165, 1.54) is 0 Å². The number of nitrogens with zero attached hydrogens (tertiary/aromatic N) is 1. The summed E-state index contributed by atoms with van der Waals surface area (Å²) in [6, 6.07) is 0.188. The number of hydrogen-bond acceptors (Lipinski definition) is 3. The van der Waals surface area contributed by atoms with Crippen LogP contribution in [-0.2, 0) is 9.53 Å². The van der Waals surface area contributed by atoms with Crippen molar-refractivity contribution in [3.63, 3.8) is 0 Å². The first-order valence-corrected chi connectivity index (χ1v) is 7.02. The molecule has 2 rings (SSSR count). The molecule has 2 aliphatic heterocycles. The van der Waals surface area contributed by atoms with Gasteiger partial charge in [-0.3, -0.25) is 4.79 Å². The fraction of sp³-hybridized carbons (Fsp3) is 0.857. The molecule has 2 bridgehead atoms. The first kappa shape index (κ1) is 14.2. The second kappa shape index (κ2) is 5.02. The molecule has 3 unspecified atom stereocenters. The summed E-state index contributed by atoms with van der Waals surface area (Å²) in [4.78, 5) is 25.2. The molecular weight excluding hydrogens is 246 g/mol. The van der Waals surface area contributed by atoms with Gasteiger partial charge < -0.3 is 14.7 Å². The largest absolute Gasteiger partial charge is 0.481 e. The van der Waals surface area contributed by atoms with Crippen LogP contribution in [0.2, 0.25) is 0 Å². The van der Waals surface area contributed by atoms with Crippen molar-refractivity contribution in [2.45, 2.75) is 70.6 Å². The number of rotatable bonds is 1. The zero-order chi connectivity index (χ0) is 14.2. The topological polar surface area (TPSA) is 66.8 Å². The van der Waals surface area contributed by atoms with Crippen LogP contribution in [0.25, 0.3) is 0 Å². The Balaban J connectivity index is 2.09. The molecule has 0 aromatic heterocycles. The summed E-state index contributed by atoms with van der Waals surface area (Å²) in [6.45, 7) is 5.56. The number of carboxylic acid groups (broad SMARTS) is 1. The molecule has 0 aliphatic carbocycles. The van der Waals surface area contributed by atoms with Crippen LogP contribution in [0.5, 0.6) is 0 Å². The highest BCUT2D eigenvalue weighted by Crippen LogP contribution is 2.37. The van der Waals surface area contributed by atoms with Gasteiger partial charge in [0.05, 0.1) is 5.92 Å². The molecule has 0 spiro atoms. The smallest absolute Gasteiger partial charge is 0.410 e. The summed E-state index contributed by atoms with van der Waals surface area (Å²) >= 11 is 0. The normalized spacial score (nSPS) is 30.9. The third kappa shape index (κ3) is 3.19. The first-order valence-electron chi connectivity index (χ1n) is 7.02. The monoisotopic (exact) mass is 269 g/mol. The molecular formula is C14H23NO4. The zero-order valence-corrected chi connectivity index (χ0v) is 11.9. The third-order valence-corrected chi connectivity index (χ3v) is 3.98. The Morgan fingerprint density at radius 1 is 1.11 bits per heavy atom. The molecule has 0 saturated carbocycles. The van der Waals surface area contributed by atoms with E-state index < -0.39 is 11.6 Å². The Morgan fingerprint density at radius 3 is 2.26 bits per heavy atom. The number of fused-ring (bicyclic) bond motifs is 2. The van der Waals surface area contributed by atoms with Gasteiger partial charge in [0.25, 0.3) is 0 Å². The summed E-state index contributed by atoms with van der Waals surface area (Å²) in [6.07, 6.45) is 3.57. The molecule has 19 heavy (non-hydrogen) atoms. The van der Waals surface area contributed by atoms with Crippen molar-refractivity contribution in [2.24, 2.45) is 5.92 Å². The lowest BCUT2D eigenvalue weighted by Gasteiger charge is -2.31. The Hall–Kier alpha value is -1.26. The predicted molar refractivity (Wildman–Crippen MR) is 69.9 cm³/mol. The Morgan fingerprint density at radius 2 is 1.68 bits per heavy atom. The molecule has 1 amide bonds. The van der Waals surface area contributed by atoms with E-state index in [0.29, 0.717) is 12.8 Å². The molecule has 0 aromatic carbocycles. The van der Waals surface area contributed by atoms with Crippen molar-refractivity contribution >= 4 is 12.1 Å². The number of aliphatic carboxylic acids is 1. The van der Waals surface area contributed by atoms with E-state index in [-0.39, 0.29) is 24.1 Å². The van der Waals surface area contributed by atoms with Gasteiger partial charge in [0.15, 0.2) is 0 Å². The number of carbonyl (C=O) groups excluding carboxylic acids is 1. The number of amides is 1. The molecule has 2 fully saturated rings. The Kier molecular flexibility index (Phi) is 3.74. The summed E-state index contributed by atoms with van der Waals surface area (Å²) in [7, 11) is 0. The van der Waals surface area contributed by atoms with Gasteiger partial charge in [-0.15, -0.1) is 0 Å². The molecule has 2 saturated heterocycles. The maximum absolute atomic E-state index is 12.3.